The molecule has 0 radical (unpaired) electrons. The van der Waals surface area contributed by atoms with Crippen LogP contribution >= 0.6 is 12.2 Å². The van der Waals surface area contributed by atoms with E-state index >= 15 is 0 Å². The fraction of sp³-hybridized carbons (Fsp3) is 0.417. The third-order valence-electron chi connectivity index (χ3n) is 2.94. The first-order chi connectivity index (χ1) is 8.96. The Morgan fingerprint density at radius 2 is 1.84 bits per heavy atom. The van der Waals surface area contributed by atoms with E-state index in [2.05, 4.69) is 21.8 Å². The molecular formula is C12H17N3O2S2. The number of hydrogen-bond acceptors (Lipinski definition) is 4. The molecule has 7 heteroatoms. The first kappa shape index (κ1) is 14.1. The van der Waals surface area contributed by atoms with Crippen molar-refractivity contribution in [2.75, 3.05) is 28.5 Å². The van der Waals surface area contributed by atoms with Gasteiger partial charge in [-0.25, -0.2) is 8.42 Å². The highest BCUT2D eigenvalue weighted by Crippen LogP contribution is 2.22. The van der Waals surface area contributed by atoms with Crippen molar-refractivity contribution in [1.29, 1.82) is 0 Å². The van der Waals surface area contributed by atoms with E-state index < -0.39 is 10.0 Å². The number of hydrogen-bond donors (Lipinski definition) is 2. The van der Waals surface area contributed by atoms with Gasteiger partial charge in [-0.15, -0.1) is 0 Å². The van der Waals surface area contributed by atoms with Crippen molar-refractivity contribution in [1.82, 2.24) is 0 Å². The van der Waals surface area contributed by atoms with Gasteiger partial charge in [0, 0.05) is 24.5 Å². The zero-order chi connectivity index (χ0) is 13.9. The van der Waals surface area contributed by atoms with Gasteiger partial charge in [0.05, 0.1) is 4.99 Å². The number of anilines is 2. The van der Waals surface area contributed by atoms with Crippen molar-refractivity contribution >= 4 is 38.6 Å². The minimum absolute atomic E-state index is 0.0406. The average molecular weight is 299 g/mol. The second kappa shape index (κ2) is 5.75. The number of sulfonamides is 1. The fourth-order valence-corrected chi connectivity index (χ4v) is 3.53. The molecule has 0 unspecified atom stereocenters. The topological polar surface area (TPSA) is 75.4 Å². The van der Waals surface area contributed by atoms with E-state index in [9.17, 15) is 8.42 Å². The molecule has 19 heavy (non-hydrogen) atoms. The van der Waals surface area contributed by atoms with Crippen LogP contribution in [0.1, 0.15) is 12.8 Å². The lowest BCUT2D eigenvalue weighted by Crippen LogP contribution is -2.26. The van der Waals surface area contributed by atoms with Crippen LogP contribution in [0.15, 0.2) is 24.3 Å². The van der Waals surface area contributed by atoms with Crippen molar-refractivity contribution in [2.24, 2.45) is 5.73 Å². The third kappa shape index (κ3) is 4.07. The third-order valence-corrected chi connectivity index (χ3v) is 4.51. The maximum Gasteiger partial charge on any atom is 0.239 e. The molecule has 0 aromatic heterocycles. The van der Waals surface area contributed by atoms with Crippen molar-refractivity contribution in [3.8, 4) is 0 Å². The van der Waals surface area contributed by atoms with E-state index in [1.807, 2.05) is 12.1 Å². The highest BCUT2D eigenvalue weighted by atomic mass is 32.2. The molecule has 104 valence electrons. The van der Waals surface area contributed by atoms with Crippen LogP contribution in [-0.4, -0.2) is 32.2 Å². The Labute approximate surface area is 118 Å². The number of nitrogens with two attached hydrogens (primary N) is 1. The van der Waals surface area contributed by atoms with Gasteiger partial charge in [0.1, 0.15) is 5.75 Å². The van der Waals surface area contributed by atoms with Crippen LogP contribution in [0.5, 0.6) is 0 Å². The standard InChI is InChI=1S/C12H17N3O2S2/c13-12(18)9-19(16,17)14-10-3-5-11(6-4-10)15-7-1-2-8-15/h3-6,14H,1-2,7-9H2,(H2,13,18). The van der Waals surface area contributed by atoms with Gasteiger partial charge in [-0.3, -0.25) is 4.72 Å². The summed E-state index contributed by atoms with van der Waals surface area (Å²) in [6.45, 7) is 2.12. The van der Waals surface area contributed by atoms with Gasteiger partial charge >= 0.3 is 0 Å². The second-order valence-corrected chi connectivity index (χ2v) is 6.82. The zero-order valence-electron chi connectivity index (χ0n) is 10.5. The SMILES string of the molecule is NC(=S)CS(=O)(=O)Nc1ccc(N2CCCC2)cc1. The average Bonchev–Trinajstić information content (AvgIpc) is 2.81. The van der Waals surface area contributed by atoms with Crippen LogP contribution in [0.2, 0.25) is 0 Å². The summed E-state index contributed by atoms with van der Waals surface area (Å²) >= 11 is 4.61. The number of nitrogens with zero attached hydrogens (tertiary/aromatic N) is 1. The molecule has 0 amide bonds. The Bertz CT molecular complexity index is 549. The molecule has 1 aliphatic rings. The Hall–Kier alpha value is -1.34. The Balaban J connectivity index is 2.04. The Morgan fingerprint density at radius 1 is 1.26 bits per heavy atom. The smallest absolute Gasteiger partial charge is 0.239 e. The molecule has 0 spiro atoms. The minimum Gasteiger partial charge on any atom is -0.392 e. The van der Waals surface area contributed by atoms with Gasteiger partial charge in [0.2, 0.25) is 10.0 Å². The lowest BCUT2D eigenvalue weighted by Gasteiger charge is -2.17. The summed E-state index contributed by atoms with van der Waals surface area (Å²) in [5, 5.41) is 0. The quantitative estimate of drug-likeness (QED) is 0.802. The highest BCUT2D eigenvalue weighted by Gasteiger charge is 2.14. The fourth-order valence-electron chi connectivity index (χ4n) is 2.12. The molecule has 1 aromatic rings. The summed E-state index contributed by atoms with van der Waals surface area (Å²) in [4.78, 5) is 2.24. The van der Waals surface area contributed by atoms with Gasteiger partial charge in [0.15, 0.2) is 0 Å². The maximum absolute atomic E-state index is 11.7. The molecule has 0 aliphatic carbocycles. The molecule has 2 rings (SSSR count). The number of nitrogens with one attached hydrogen (secondary N) is 1. The zero-order valence-corrected chi connectivity index (χ0v) is 12.1. The molecule has 0 atom stereocenters. The molecule has 1 aliphatic heterocycles. The van der Waals surface area contributed by atoms with Crippen molar-refractivity contribution < 1.29 is 8.42 Å². The molecule has 0 saturated carbocycles. The molecule has 0 bridgehead atoms. The van der Waals surface area contributed by atoms with E-state index in [0.717, 1.165) is 18.8 Å². The normalized spacial score (nSPS) is 15.5. The van der Waals surface area contributed by atoms with Crippen molar-refractivity contribution in [2.45, 2.75) is 12.8 Å². The van der Waals surface area contributed by atoms with Crippen LogP contribution in [0.4, 0.5) is 11.4 Å². The van der Waals surface area contributed by atoms with Gasteiger partial charge in [-0.05, 0) is 37.1 Å². The van der Waals surface area contributed by atoms with Crippen LogP contribution in [0.3, 0.4) is 0 Å². The van der Waals surface area contributed by atoms with E-state index in [1.54, 1.807) is 12.1 Å². The van der Waals surface area contributed by atoms with E-state index in [1.165, 1.54) is 12.8 Å². The Morgan fingerprint density at radius 3 is 2.37 bits per heavy atom. The molecule has 5 nitrogen and oxygen atoms in total. The van der Waals surface area contributed by atoms with Crippen LogP contribution in [0.25, 0.3) is 0 Å². The van der Waals surface area contributed by atoms with Gasteiger partial charge < -0.3 is 10.6 Å². The largest absolute Gasteiger partial charge is 0.392 e. The predicted molar refractivity (Wildman–Crippen MR) is 82.1 cm³/mol. The predicted octanol–water partition coefficient (Wildman–Crippen LogP) is 1.31. The molecule has 1 fully saturated rings. The van der Waals surface area contributed by atoms with Crippen LogP contribution in [-0.2, 0) is 10.0 Å². The summed E-state index contributed by atoms with van der Waals surface area (Å²) in [5.41, 5.74) is 6.89. The maximum atomic E-state index is 11.7. The van der Waals surface area contributed by atoms with Crippen molar-refractivity contribution in [3.63, 3.8) is 0 Å². The summed E-state index contributed by atoms with van der Waals surface area (Å²) in [7, 11) is -3.50. The van der Waals surface area contributed by atoms with Gasteiger partial charge in [-0.2, -0.15) is 0 Å². The van der Waals surface area contributed by atoms with E-state index in [-0.39, 0.29) is 10.7 Å². The molecule has 1 heterocycles. The minimum atomic E-state index is -3.50. The van der Waals surface area contributed by atoms with Gasteiger partial charge in [0.25, 0.3) is 0 Å². The molecule has 1 aromatic carbocycles. The van der Waals surface area contributed by atoms with Gasteiger partial charge in [-0.1, -0.05) is 12.2 Å². The first-order valence-electron chi connectivity index (χ1n) is 6.10. The van der Waals surface area contributed by atoms with Crippen LogP contribution in [0, 0.1) is 0 Å². The van der Waals surface area contributed by atoms with E-state index in [4.69, 9.17) is 5.73 Å². The van der Waals surface area contributed by atoms with Crippen molar-refractivity contribution in [3.05, 3.63) is 24.3 Å². The molecule has 3 N–H and O–H groups in total. The highest BCUT2D eigenvalue weighted by molar-refractivity contribution is 7.95. The summed E-state index contributed by atoms with van der Waals surface area (Å²) in [6.07, 6.45) is 2.42. The lowest BCUT2D eigenvalue weighted by molar-refractivity contribution is 0.605. The summed E-state index contributed by atoms with van der Waals surface area (Å²) in [5.74, 6) is -0.337. The molecular weight excluding hydrogens is 282 g/mol. The Kier molecular flexibility index (Phi) is 4.26. The number of rotatable bonds is 5. The molecule has 1 saturated heterocycles. The second-order valence-electron chi connectivity index (χ2n) is 4.57. The number of benzene rings is 1. The lowest BCUT2D eigenvalue weighted by atomic mass is 10.2. The van der Waals surface area contributed by atoms with E-state index in [0.29, 0.717) is 5.69 Å². The summed E-state index contributed by atoms with van der Waals surface area (Å²) in [6, 6.07) is 7.35. The summed E-state index contributed by atoms with van der Waals surface area (Å²) < 4.78 is 25.8. The monoisotopic (exact) mass is 299 g/mol. The number of thiocarbonyl (C=S) groups is 1. The first-order valence-corrected chi connectivity index (χ1v) is 8.16. The van der Waals surface area contributed by atoms with Crippen LogP contribution < -0.4 is 15.4 Å².